The van der Waals surface area contributed by atoms with Crippen molar-refractivity contribution in [2.75, 3.05) is 0 Å². The number of aryl methyl sites for hydroxylation is 2. The molecular formula is C12H16FN. The zero-order valence-electron chi connectivity index (χ0n) is 8.68. The second-order valence-corrected chi connectivity index (χ2v) is 3.61. The predicted molar refractivity (Wildman–Crippen MR) is 57.6 cm³/mol. The van der Waals surface area contributed by atoms with Crippen LogP contribution >= 0.6 is 0 Å². The van der Waals surface area contributed by atoms with Crippen molar-refractivity contribution >= 4 is 0 Å². The van der Waals surface area contributed by atoms with E-state index in [9.17, 15) is 4.39 Å². The lowest BCUT2D eigenvalue weighted by molar-refractivity contribution is 0.579. The van der Waals surface area contributed by atoms with Gasteiger partial charge in [0, 0.05) is 11.6 Å². The van der Waals surface area contributed by atoms with Crippen molar-refractivity contribution in [3.05, 3.63) is 47.3 Å². The van der Waals surface area contributed by atoms with E-state index in [4.69, 9.17) is 5.73 Å². The Kier molecular flexibility index (Phi) is 3.42. The zero-order chi connectivity index (χ0) is 10.7. The smallest absolute Gasteiger partial charge is 0.128 e. The maximum Gasteiger partial charge on any atom is 0.128 e. The van der Waals surface area contributed by atoms with E-state index < -0.39 is 0 Å². The van der Waals surface area contributed by atoms with Gasteiger partial charge in [-0.15, -0.1) is 6.58 Å². The third-order valence-electron chi connectivity index (χ3n) is 2.27. The molecule has 1 rings (SSSR count). The third-order valence-corrected chi connectivity index (χ3v) is 2.27. The summed E-state index contributed by atoms with van der Waals surface area (Å²) in [5, 5.41) is 0. The molecular weight excluding hydrogens is 177 g/mol. The Bertz CT molecular complexity index is 321. The lowest BCUT2D eigenvalue weighted by Gasteiger charge is -2.14. The van der Waals surface area contributed by atoms with Gasteiger partial charge in [-0.1, -0.05) is 12.1 Å². The van der Waals surface area contributed by atoms with Crippen molar-refractivity contribution in [3.8, 4) is 0 Å². The van der Waals surface area contributed by atoms with Gasteiger partial charge in [-0.05, 0) is 37.5 Å². The summed E-state index contributed by atoms with van der Waals surface area (Å²) < 4.78 is 13.6. The number of benzene rings is 1. The van der Waals surface area contributed by atoms with Gasteiger partial charge in [0.2, 0.25) is 0 Å². The number of rotatable bonds is 3. The van der Waals surface area contributed by atoms with Crippen molar-refractivity contribution in [2.24, 2.45) is 5.73 Å². The minimum atomic E-state index is -0.284. The van der Waals surface area contributed by atoms with E-state index in [1.807, 2.05) is 19.9 Å². The molecule has 2 heteroatoms. The molecule has 0 radical (unpaired) electrons. The lowest BCUT2D eigenvalue weighted by atomic mass is 9.97. The summed E-state index contributed by atoms with van der Waals surface area (Å²) in [5.74, 6) is -0.211. The average molecular weight is 193 g/mol. The Morgan fingerprint density at radius 1 is 1.50 bits per heavy atom. The molecule has 1 nitrogen and oxygen atoms in total. The quantitative estimate of drug-likeness (QED) is 0.734. The molecule has 0 spiro atoms. The van der Waals surface area contributed by atoms with Gasteiger partial charge in [-0.25, -0.2) is 4.39 Å². The fourth-order valence-electron chi connectivity index (χ4n) is 1.69. The molecule has 1 aromatic carbocycles. The van der Waals surface area contributed by atoms with E-state index in [2.05, 4.69) is 6.58 Å². The monoisotopic (exact) mass is 193 g/mol. The highest BCUT2D eigenvalue weighted by Crippen LogP contribution is 2.23. The van der Waals surface area contributed by atoms with Gasteiger partial charge in [-0.2, -0.15) is 0 Å². The standard InChI is InChI=1S/C12H16FN/c1-4-5-11(14)12-9(3)6-8(2)7-10(12)13/h4,6-7,11H,1,5,14H2,2-3H3. The average Bonchev–Trinajstić information content (AvgIpc) is 2.01. The molecule has 1 aromatic rings. The van der Waals surface area contributed by atoms with Crippen LogP contribution in [0.3, 0.4) is 0 Å². The Balaban J connectivity index is 3.13. The number of hydrogen-bond donors (Lipinski definition) is 1. The summed E-state index contributed by atoms with van der Waals surface area (Å²) in [6.45, 7) is 7.36. The zero-order valence-corrected chi connectivity index (χ0v) is 8.68. The van der Waals surface area contributed by atoms with E-state index in [0.29, 0.717) is 12.0 Å². The first-order chi connectivity index (χ1) is 6.56. The van der Waals surface area contributed by atoms with Crippen LogP contribution in [0.1, 0.15) is 29.2 Å². The van der Waals surface area contributed by atoms with Crippen LogP contribution in [-0.4, -0.2) is 0 Å². The van der Waals surface area contributed by atoms with Crippen LogP contribution in [0.25, 0.3) is 0 Å². The molecule has 0 aliphatic heterocycles. The Morgan fingerprint density at radius 2 is 2.14 bits per heavy atom. The molecule has 0 aliphatic rings. The first-order valence-corrected chi connectivity index (χ1v) is 4.69. The van der Waals surface area contributed by atoms with Crippen molar-refractivity contribution in [2.45, 2.75) is 26.3 Å². The van der Waals surface area contributed by atoms with Crippen LogP contribution in [-0.2, 0) is 0 Å². The molecule has 0 saturated carbocycles. The van der Waals surface area contributed by atoms with Gasteiger partial charge in [0.25, 0.3) is 0 Å². The molecule has 0 saturated heterocycles. The Morgan fingerprint density at radius 3 is 2.64 bits per heavy atom. The molecule has 1 atom stereocenters. The third kappa shape index (κ3) is 2.20. The fourth-order valence-corrected chi connectivity index (χ4v) is 1.69. The highest BCUT2D eigenvalue weighted by atomic mass is 19.1. The molecule has 0 aromatic heterocycles. The highest BCUT2D eigenvalue weighted by Gasteiger charge is 2.13. The molecule has 0 amide bonds. The SMILES string of the molecule is C=CCC(N)c1c(C)cc(C)cc1F. The lowest BCUT2D eigenvalue weighted by Crippen LogP contribution is -2.13. The topological polar surface area (TPSA) is 26.0 Å². The van der Waals surface area contributed by atoms with Gasteiger partial charge < -0.3 is 5.73 Å². The molecule has 2 N–H and O–H groups in total. The molecule has 76 valence electrons. The van der Waals surface area contributed by atoms with Crippen LogP contribution in [0, 0.1) is 19.7 Å². The van der Waals surface area contributed by atoms with Crippen molar-refractivity contribution in [1.29, 1.82) is 0 Å². The van der Waals surface area contributed by atoms with E-state index in [-0.39, 0.29) is 11.9 Å². The van der Waals surface area contributed by atoms with E-state index in [1.54, 1.807) is 6.08 Å². The first-order valence-electron chi connectivity index (χ1n) is 4.69. The van der Waals surface area contributed by atoms with Crippen LogP contribution < -0.4 is 5.73 Å². The van der Waals surface area contributed by atoms with Gasteiger partial charge in [0.05, 0.1) is 0 Å². The minimum Gasteiger partial charge on any atom is -0.324 e. The first kappa shape index (κ1) is 10.9. The van der Waals surface area contributed by atoms with E-state index >= 15 is 0 Å². The molecule has 0 heterocycles. The number of nitrogens with two attached hydrogens (primary N) is 1. The van der Waals surface area contributed by atoms with Gasteiger partial charge in [0.1, 0.15) is 5.82 Å². The van der Waals surface area contributed by atoms with Gasteiger partial charge in [0.15, 0.2) is 0 Å². The largest absolute Gasteiger partial charge is 0.324 e. The summed E-state index contributed by atoms with van der Waals surface area (Å²) in [6.07, 6.45) is 2.31. The highest BCUT2D eigenvalue weighted by molar-refractivity contribution is 5.34. The molecule has 1 unspecified atom stereocenters. The summed E-state index contributed by atoms with van der Waals surface area (Å²) in [6, 6.07) is 3.18. The second-order valence-electron chi connectivity index (χ2n) is 3.61. The van der Waals surface area contributed by atoms with Crippen LogP contribution in [0.2, 0.25) is 0 Å². The molecule has 0 bridgehead atoms. The van der Waals surface area contributed by atoms with Crippen molar-refractivity contribution in [1.82, 2.24) is 0 Å². The minimum absolute atomic E-state index is 0.211. The molecule has 0 fully saturated rings. The summed E-state index contributed by atoms with van der Waals surface area (Å²) >= 11 is 0. The molecule has 14 heavy (non-hydrogen) atoms. The summed E-state index contributed by atoms with van der Waals surface area (Å²) in [5.41, 5.74) is 8.29. The van der Waals surface area contributed by atoms with Crippen LogP contribution in [0.4, 0.5) is 4.39 Å². The predicted octanol–water partition coefficient (Wildman–Crippen LogP) is 3.02. The second kappa shape index (κ2) is 4.38. The van der Waals surface area contributed by atoms with Crippen molar-refractivity contribution < 1.29 is 4.39 Å². The normalized spacial score (nSPS) is 12.6. The number of hydrogen-bond acceptors (Lipinski definition) is 1. The van der Waals surface area contributed by atoms with Gasteiger partial charge >= 0.3 is 0 Å². The summed E-state index contributed by atoms with van der Waals surface area (Å²) in [4.78, 5) is 0. The van der Waals surface area contributed by atoms with Gasteiger partial charge in [-0.3, -0.25) is 0 Å². The van der Waals surface area contributed by atoms with Crippen LogP contribution in [0.5, 0.6) is 0 Å². The maximum absolute atomic E-state index is 13.6. The summed E-state index contributed by atoms with van der Waals surface area (Å²) in [7, 11) is 0. The molecule has 0 aliphatic carbocycles. The van der Waals surface area contributed by atoms with E-state index in [1.165, 1.54) is 6.07 Å². The Hall–Kier alpha value is -1.15. The number of halogens is 1. The Labute approximate surface area is 84.4 Å². The van der Waals surface area contributed by atoms with Crippen molar-refractivity contribution in [3.63, 3.8) is 0 Å². The maximum atomic E-state index is 13.6. The van der Waals surface area contributed by atoms with Crippen LogP contribution in [0.15, 0.2) is 24.8 Å². The fraction of sp³-hybridized carbons (Fsp3) is 0.333. The van der Waals surface area contributed by atoms with E-state index in [0.717, 1.165) is 11.1 Å².